The molecule has 3 aromatic rings. The van der Waals surface area contributed by atoms with Crippen molar-refractivity contribution in [3.8, 4) is 0 Å². The standard InChI is InChI=1S/C21H19F2N3O3S/c22-14-8-12-18(26(11-3-4-11)9-13(20(12)27)21(28)29)17(23)19(14)25-6-5-24-15(10-25)16-2-1-7-30-16/h1-2,7-9,11,15,24H,3-6,10H2,(H,28,29). The Morgan fingerprint density at radius 2 is 2.10 bits per heavy atom. The van der Waals surface area contributed by atoms with Gasteiger partial charge in [0, 0.05) is 36.8 Å². The molecule has 1 saturated carbocycles. The fraction of sp³-hybridized carbons (Fsp3) is 0.333. The minimum Gasteiger partial charge on any atom is -0.477 e. The van der Waals surface area contributed by atoms with Gasteiger partial charge >= 0.3 is 5.97 Å². The number of anilines is 1. The molecule has 2 aliphatic rings. The topological polar surface area (TPSA) is 74.6 Å². The predicted octanol–water partition coefficient (Wildman–Crippen LogP) is 3.53. The Morgan fingerprint density at radius 1 is 1.30 bits per heavy atom. The summed E-state index contributed by atoms with van der Waals surface area (Å²) in [6.45, 7) is 1.37. The summed E-state index contributed by atoms with van der Waals surface area (Å²) in [5.41, 5.74) is -1.52. The first-order valence-electron chi connectivity index (χ1n) is 9.77. The van der Waals surface area contributed by atoms with Crippen molar-refractivity contribution in [2.24, 2.45) is 0 Å². The molecule has 1 saturated heterocycles. The van der Waals surface area contributed by atoms with Crippen LogP contribution in [0.25, 0.3) is 10.9 Å². The molecule has 0 radical (unpaired) electrons. The minimum atomic E-state index is -1.40. The molecule has 6 nitrogen and oxygen atoms in total. The Balaban J connectivity index is 1.66. The van der Waals surface area contributed by atoms with Crippen LogP contribution in [0.1, 0.15) is 40.2 Å². The fourth-order valence-corrected chi connectivity index (χ4v) is 4.94. The normalized spacial score (nSPS) is 19.4. The van der Waals surface area contributed by atoms with Gasteiger partial charge < -0.3 is 19.9 Å². The van der Waals surface area contributed by atoms with Crippen molar-refractivity contribution in [1.82, 2.24) is 9.88 Å². The first-order chi connectivity index (χ1) is 14.5. The van der Waals surface area contributed by atoms with Crippen LogP contribution in [-0.2, 0) is 0 Å². The van der Waals surface area contributed by atoms with Crippen molar-refractivity contribution in [3.05, 3.63) is 62.1 Å². The Kier molecular flexibility index (Phi) is 4.59. The average Bonchev–Trinajstić information content (AvgIpc) is 3.41. The number of benzene rings is 1. The molecule has 2 N–H and O–H groups in total. The highest BCUT2D eigenvalue weighted by molar-refractivity contribution is 7.10. The number of nitrogens with zero attached hydrogens (tertiary/aromatic N) is 2. The van der Waals surface area contributed by atoms with E-state index in [1.54, 1.807) is 16.2 Å². The lowest BCUT2D eigenvalue weighted by Gasteiger charge is -2.35. The van der Waals surface area contributed by atoms with E-state index in [4.69, 9.17) is 0 Å². The predicted molar refractivity (Wildman–Crippen MR) is 111 cm³/mol. The highest BCUT2D eigenvalue weighted by Crippen LogP contribution is 2.40. The van der Waals surface area contributed by atoms with E-state index in [9.17, 15) is 14.7 Å². The van der Waals surface area contributed by atoms with E-state index >= 15 is 8.78 Å². The third-order valence-electron chi connectivity index (χ3n) is 5.73. The van der Waals surface area contributed by atoms with Gasteiger partial charge in [-0.3, -0.25) is 4.79 Å². The second-order valence-corrected chi connectivity index (χ2v) is 8.68. The van der Waals surface area contributed by atoms with Crippen LogP contribution in [0.3, 0.4) is 0 Å². The molecule has 156 valence electrons. The van der Waals surface area contributed by atoms with E-state index in [-0.39, 0.29) is 28.7 Å². The van der Waals surface area contributed by atoms with Gasteiger partial charge in [-0.05, 0) is 30.4 Å². The van der Waals surface area contributed by atoms with Gasteiger partial charge in [-0.25, -0.2) is 13.6 Å². The molecule has 1 aliphatic heterocycles. The molecule has 1 atom stereocenters. The molecule has 9 heteroatoms. The lowest BCUT2D eigenvalue weighted by molar-refractivity contribution is 0.0695. The number of halogens is 2. The summed E-state index contributed by atoms with van der Waals surface area (Å²) >= 11 is 1.58. The van der Waals surface area contributed by atoms with Crippen LogP contribution < -0.4 is 15.6 Å². The van der Waals surface area contributed by atoms with Crippen molar-refractivity contribution in [2.45, 2.75) is 24.9 Å². The lowest BCUT2D eigenvalue weighted by Crippen LogP contribution is -2.46. The van der Waals surface area contributed by atoms with E-state index in [0.29, 0.717) is 19.6 Å². The van der Waals surface area contributed by atoms with E-state index in [2.05, 4.69) is 5.32 Å². The van der Waals surface area contributed by atoms with Crippen molar-refractivity contribution in [3.63, 3.8) is 0 Å². The number of thiophene rings is 1. The number of piperazine rings is 1. The summed E-state index contributed by atoms with van der Waals surface area (Å²) in [7, 11) is 0. The molecule has 0 spiro atoms. The molecule has 1 unspecified atom stereocenters. The summed E-state index contributed by atoms with van der Waals surface area (Å²) in [4.78, 5) is 26.8. The van der Waals surface area contributed by atoms with Gasteiger partial charge in [-0.1, -0.05) is 6.07 Å². The number of carboxylic acid groups (broad SMARTS) is 1. The average molecular weight is 431 g/mol. The summed E-state index contributed by atoms with van der Waals surface area (Å²) in [5, 5.41) is 14.5. The second-order valence-electron chi connectivity index (χ2n) is 7.70. The molecule has 2 aromatic heterocycles. The van der Waals surface area contributed by atoms with Gasteiger partial charge in [0.1, 0.15) is 17.1 Å². The van der Waals surface area contributed by atoms with Gasteiger partial charge in [0.15, 0.2) is 5.82 Å². The van der Waals surface area contributed by atoms with Gasteiger partial charge in [0.05, 0.1) is 16.9 Å². The molecule has 1 aromatic carbocycles. The van der Waals surface area contributed by atoms with Crippen molar-refractivity contribution >= 4 is 33.9 Å². The zero-order valence-electron chi connectivity index (χ0n) is 15.9. The molecule has 0 bridgehead atoms. The molecule has 0 amide bonds. The summed E-state index contributed by atoms with van der Waals surface area (Å²) in [6, 6.07) is 4.78. The number of aromatic nitrogens is 1. The highest BCUT2D eigenvalue weighted by Gasteiger charge is 2.32. The number of pyridine rings is 1. The number of rotatable bonds is 4. The van der Waals surface area contributed by atoms with Crippen LogP contribution in [0, 0.1) is 11.6 Å². The molecule has 5 rings (SSSR count). The maximum atomic E-state index is 15.7. The maximum absolute atomic E-state index is 15.7. The Morgan fingerprint density at radius 3 is 2.77 bits per heavy atom. The zero-order valence-corrected chi connectivity index (χ0v) is 16.7. The minimum absolute atomic E-state index is 0.0184. The molecular weight excluding hydrogens is 412 g/mol. The number of carbonyl (C=O) groups is 1. The number of aromatic carboxylic acids is 1. The smallest absolute Gasteiger partial charge is 0.341 e. The van der Waals surface area contributed by atoms with Crippen LogP contribution in [0.4, 0.5) is 14.5 Å². The van der Waals surface area contributed by atoms with Crippen LogP contribution >= 0.6 is 11.3 Å². The number of fused-ring (bicyclic) bond motifs is 1. The quantitative estimate of drug-likeness (QED) is 0.661. The van der Waals surface area contributed by atoms with Crippen molar-refractivity contribution in [2.75, 3.05) is 24.5 Å². The Labute approximate surface area is 174 Å². The third kappa shape index (κ3) is 3.09. The van der Waals surface area contributed by atoms with Crippen LogP contribution in [-0.4, -0.2) is 35.3 Å². The number of hydrogen-bond acceptors (Lipinski definition) is 5. The molecular formula is C21H19F2N3O3S. The van der Waals surface area contributed by atoms with Crippen molar-refractivity contribution in [1.29, 1.82) is 0 Å². The van der Waals surface area contributed by atoms with Gasteiger partial charge in [0.2, 0.25) is 5.43 Å². The molecule has 1 aliphatic carbocycles. The summed E-state index contributed by atoms with van der Waals surface area (Å²) < 4.78 is 32.3. The van der Waals surface area contributed by atoms with E-state index in [1.165, 1.54) is 10.8 Å². The SMILES string of the molecule is O=C(O)c1cn(C2CC2)c2c(F)c(N3CCNC(c4cccs4)C3)c(F)cc2c1=O. The highest BCUT2D eigenvalue weighted by atomic mass is 32.1. The maximum Gasteiger partial charge on any atom is 0.341 e. The molecule has 3 heterocycles. The van der Waals surface area contributed by atoms with Gasteiger partial charge in [-0.15, -0.1) is 11.3 Å². The molecule has 2 fully saturated rings. The number of hydrogen-bond donors (Lipinski definition) is 2. The van der Waals surface area contributed by atoms with Crippen LogP contribution in [0.2, 0.25) is 0 Å². The monoisotopic (exact) mass is 431 g/mol. The van der Waals surface area contributed by atoms with E-state index in [1.807, 2.05) is 17.5 Å². The van der Waals surface area contributed by atoms with Crippen LogP contribution in [0.15, 0.2) is 34.6 Å². The van der Waals surface area contributed by atoms with E-state index < -0.39 is 28.6 Å². The number of nitrogens with one attached hydrogen (secondary N) is 1. The van der Waals surface area contributed by atoms with Crippen molar-refractivity contribution < 1.29 is 18.7 Å². The largest absolute Gasteiger partial charge is 0.477 e. The van der Waals surface area contributed by atoms with E-state index in [0.717, 1.165) is 23.8 Å². The van der Waals surface area contributed by atoms with Crippen LogP contribution in [0.5, 0.6) is 0 Å². The second kappa shape index (κ2) is 7.17. The number of carboxylic acids is 1. The fourth-order valence-electron chi connectivity index (χ4n) is 4.15. The third-order valence-corrected chi connectivity index (χ3v) is 6.72. The van der Waals surface area contributed by atoms with Gasteiger partial charge in [0.25, 0.3) is 0 Å². The zero-order chi connectivity index (χ0) is 21.0. The summed E-state index contributed by atoms with van der Waals surface area (Å²) in [6.07, 6.45) is 2.72. The molecule has 30 heavy (non-hydrogen) atoms. The first kappa shape index (κ1) is 19.2. The lowest BCUT2D eigenvalue weighted by atomic mass is 10.1. The summed E-state index contributed by atoms with van der Waals surface area (Å²) in [5.74, 6) is -3.06. The first-order valence-corrected chi connectivity index (χ1v) is 10.7. The Bertz CT molecular complexity index is 1200. The van der Waals surface area contributed by atoms with Gasteiger partial charge in [-0.2, -0.15) is 0 Å². The Hall–Kier alpha value is -2.78.